The second-order valence-electron chi connectivity index (χ2n) is 9.59. The van der Waals surface area contributed by atoms with Crippen LogP contribution in [0.5, 0.6) is 11.5 Å². The second-order valence-corrected chi connectivity index (χ2v) is 10.4. The van der Waals surface area contributed by atoms with Crippen molar-refractivity contribution in [3.63, 3.8) is 0 Å². The predicted molar refractivity (Wildman–Crippen MR) is 137 cm³/mol. The fourth-order valence-corrected chi connectivity index (χ4v) is 5.38. The number of ether oxygens (including phenoxy) is 2. The van der Waals surface area contributed by atoms with Crippen molar-refractivity contribution in [1.29, 1.82) is 0 Å². The van der Waals surface area contributed by atoms with Gasteiger partial charge in [0.1, 0.15) is 24.7 Å². The Bertz CT molecular complexity index is 849. The molecule has 2 aliphatic rings. The molecule has 2 aromatic carbocycles. The SMILES string of the molecule is CN1CCCCC1COc1ccc(Cc2ccc(OCC3CCCCN3C)c(Cl)c2)cc1Cl. The molecule has 2 heterocycles. The maximum atomic E-state index is 6.54. The Balaban J connectivity index is 1.31. The molecule has 0 radical (unpaired) electrons. The monoisotopic (exact) mass is 490 g/mol. The van der Waals surface area contributed by atoms with Crippen molar-refractivity contribution in [3.05, 3.63) is 57.6 Å². The first-order valence-electron chi connectivity index (χ1n) is 12.2. The minimum Gasteiger partial charge on any atom is -0.490 e. The van der Waals surface area contributed by atoms with E-state index in [4.69, 9.17) is 32.7 Å². The Morgan fingerprint density at radius 1 is 0.727 bits per heavy atom. The summed E-state index contributed by atoms with van der Waals surface area (Å²) in [5, 5.41) is 1.32. The van der Waals surface area contributed by atoms with Crippen LogP contribution in [0.2, 0.25) is 10.0 Å². The van der Waals surface area contributed by atoms with Gasteiger partial charge >= 0.3 is 0 Å². The summed E-state index contributed by atoms with van der Waals surface area (Å²) >= 11 is 13.1. The lowest BCUT2D eigenvalue weighted by Crippen LogP contribution is -2.40. The minimum absolute atomic E-state index is 0.468. The van der Waals surface area contributed by atoms with E-state index in [1.165, 1.54) is 38.5 Å². The number of nitrogens with zero attached hydrogens (tertiary/aromatic N) is 2. The van der Waals surface area contributed by atoms with Crippen LogP contribution < -0.4 is 9.47 Å². The van der Waals surface area contributed by atoms with Crippen LogP contribution in [0, 0.1) is 0 Å². The van der Waals surface area contributed by atoms with Gasteiger partial charge in [-0.05, 0) is 94.7 Å². The standard InChI is InChI=1S/C27H36Cl2N2O2/c1-30-13-5-3-7-22(30)18-32-26-11-9-20(16-24(26)28)15-21-10-12-27(25(29)17-21)33-19-23-8-4-6-14-31(23)2/h9-12,16-17,22-23H,3-8,13-15,18-19H2,1-2H3. The number of piperidine rings is 2. The first-order chi connectivity index (χ1) is 16.0. The molecule has 2 fully saturated rings. The highest BCUT2D eigenvalue weighted by atomic mass is 35.5. The van der Waals surface area contributed by atoms with Crippen LogP contribution in [-0.2, 0) is 6.42 Å². The lowest BCUT2D eigenvalue weighted by Gasteiger charge is -2.32. The van der Waals surface area contributed by atoms with Crippen LogP contribution in [0.15, 0.2) is 36.4 Å². The Kier molecular flexibility index (Phi) is 8.81. The average molecular weight is 492 g/mol. The molecule has 6 heteroatoms. The number of hydrogen-bond acceptors (Lipinski definition) is 4. The van der Waals surface area contributed by atoms with E-state index in [9.17, 15) is 0 Å². The summed E-state index contributed by atoms with van der Waals surface area (Å²) in [6.45, 7) is 3.65. The quantitative estimate of drug-likeness (QED) is 0.432. The number of likely N-dealkylation sites (tertiary alicyclic amines) is 2. The molecule has 0 bridgehead atoms. The molecular weight excluding hydrogens is 455 g/mol. The molecule has 0 amide bonds. The smallest absolute Gasteiger partial charge is 0.137 e. The summed E-state index contributed by atoms with van der Waals surface area (Å²) in [6, 6.07) is 13.1. The molecule has 0 saturated carbocycles. The van der Waals surface area contributed by atoms with Crippen molar-refractivity contribution in [2.45, 2.75) is 57.0 Å². The molecule has 33 heavy (non-hydrogen) atoms. The van der Waals surface area contributed by atoms with Crippen LogP contribution in [0.1, 0.15) is 49.7 Å². The number of hydrogen-bond donors (Lipinski definition) is 0. The molecule has 2 unspecified atom stereocenters. The molecule has 180 valence electrons. The summed E-state index contributed by atoms with van der Waals surface area (Å²) in [5.41, 5.74) is 2.27. The van der Waals surface area contributed by atoms with E-state index in [0.717, 1.165) is 42.1 Å². The number of benzene rings is 2. The van der Waals surface area contributed by atoms with Crippen molar-refractivity contribution < 1.29 is 9.47 Å². The summed E-state index contributed by atoms with van der Waals surface area (Å²) < 4.78 is 12.1. The van der Waals surface area contributed by atoms with E-state index in [2.05, 4.69) is 36.0 Å². The third kappa shape index (κ3) is 6.79. The molecule has 2 atom stereocenters. The van der Waals surface area contributed by atoms with E-state index in [1.54, 1.807) is 0 Å². The van der Waals surface area contributed by atoms with E-state index >= 15 is 0 Å². The molecule has 2 saturated heterocycles. The second kappa shape index (κ2) is 11.8. The third-order valence-electron chi connectivity index (χ3n) is 7.11. The number of likely N-dealkylation sites (N-methyl/N-ethyl adjacent to an activating group) is 2. The van der Waals surface area contributed by atoms with E-state index in [-0.39, 0.29) is 0 Å². The van der Waals surface area contributed by atoms with Gasteiger partial charge in [-0.15, -0.1) is 0 Å². The Morgan fingerprint density at radius 3 is 1.58 bits per heavy atom. The van der Waals surface area contributed by atoms with Gasteiger partial charge < -0.3 is 19.3 Å². The third-order valence-corrected chi connectivity index (χ3v) is 7.70. The van der Waals surface area contributed by atoms with Crippen LogP contribution in [0.3, 0.4) is 0 Å². The maximum absolute atomic E-state index is 6.54. The Hall–Kier alpha value is -1.46. The molecular formula is C27H36Cl2N2O2. The fraction of sp³-hybridized carbons (Fsp3) is 0.556. The number of rotatable bonds is 8. The average Bonchev–Trinajstić information content (AvgIpc) is 2.80. The predicted octanol–water partition coefficient (Wildman–Crippen LogP) is 6.31. The van der Waals surface area contributed by atoms with Crippen LogP contribution in [0.25, 0.3) is 0 Å². The number of halogens is 2. The zero-order chi connectivity index (χ0) is 23.2. The Labute approximate surface area is 208 Å². The Morgan fingerprint density at radius 2 is 1.18 bits per heavy atom. The molecule has 4 nitrogen and oxygen atoms in total. The lowest BCUT2D eigenvalue weighted by atomic mass is 10.0. The fourth-order valence-electron chi connectivity index (χ4n) is 4.86. The molecule has 0 N–H and O–H groups in total. The molecule has 4 rings (SSSR count). The maximum Gasteiger partial charge on any atom is 0.137 e. The van der Waals surface area contributed by atoms with Gasteiger partial charge in [0.05, 0.1) is 10.0 Å². The van der Waals surface area contributed by atoms with Crippen molar-refractivity contribution in [1.82, 2.24) is 9.80 Å². The molecule has 2 aromatic rings. The van der Waals surface area contributed by atoms with Gasteiger partial charge in [-0.2, -0.15) is 0 Å². The van der Waals surface area contributed by atoms with E-state index in [0.29, 0.717) is 35.3 Å². The van der Waals surface area contributed by atoms with E-state index in [1.807, 2.05) is 24.3 Å². The zero-order valence-electron chi connectivity index (χ0n) is 19.9. The van der Waals surface area contributed by atoms with Crippen LogP contribution in [0.4, 0.5) is 0 Å². The first-order valence-corrected chi connectivity index (χ1v) is 13.0. The summed E-state index contributed by atoms with van der Waals surface area (Å²) in [5.74, 6) is 1.52. The summed E-state index contributed by atoms with van der Waals surface area (Å²) in [4.78, 5) is 4.77. The van der Waals surface area contributed by atoms with Crippen molar-refractivity contribution in [2.75, 3.05) is 40.4 Å². The van der Waals surface area contributed by atoms with Crippen LogP contribution in [-0.4, -0.2) is 62.3 Å². The highest BCUT2D eigenvalue weighted by Gasteiger charge is 2.21. The minimum atomic E-state index is 0.468. The van der Waals surface area contributed by atoms with Gasteiger partial charge in [0, 0.05) is 12.1 Å². The van der Waals surface area contributed by atoms with Gasteiger partial charge in [-0.25, -0.2) is 0 Å². The van der Waals surface area contributed by atoms with Gasteiger partial charge in [-0.1, -0.05) is 48.2 Å². The molecule has 2 aliphatic heterocycles. The largest absolute Gasteiger partial charge is 0.490 e. The summed E-state index contributed by atoms with van der Waals surface area (Å²) in [6.07, 6.45) is 8.23. The normalized spacial score (nSPS) is 22.3. The van der Waals surface area contributed by atoms with Gasteiger partial charge in [-0.3, -0.25) is 0 Å². The zero-order valence-corrected chi connectivity index (χ0v) is 21.4. The molecule has 0 aliphatic carbocycles. The van der Waals surface area contributed by atoms with E-state index < -0.39 is 0 Å². The topological polar surface area (TPSA) is 24.9 Å². The van der Waals surface area contributed by atoms with Gasteiger partial charge in [0.15, 0.2) is 0 Å². The van der Waals surface area contributed by atoms with Crippen LogP contribution >= 0.6 is 23.2 Å². The van der Waals surface area contributed by atoms with Crippen molar-refractivity contribution >= 4 is 23.2 Å². The highest BCUT2D eigenvalue weighted by molar-refractivity contribution is 6.32. The van der Waals surface area contributed by atoms with Crippen molar-refractivity contribution in [2.24, 2.45) is 0 Å². The first kappa shape index (κ1) is 24.7. The molecule has 0 aromatic heterocycles. The van der Waals surface area contributed by atoms with Gasteiger partial charge in [0.25, 0.3) is 0 Å². The van der Waals surface area contributed by atoms with Gasteiger partial charge in [0.2, 0.25) is 0 Å². The summed E-state index contributed by atoms with van der Waals surface area (Å²) in [7, 11) is 4.35. The lowest BCUT2D eigenvalue weighted by molar-refractivity contribution is 0.125. The molecule has 0 spiro atoms. The van der Waals surface area contributed by atoms with Crippen molar-refractivity contribution in [3.8, 4) is 11.5 Å². The highest BCUT2D eigenvalue weighted by Crippen LogP contribution is 2.30.